The van der Waals surface area contributed by atoms with Gasteiger partial charge in [-0.05, 0) is 69.3 Å². The first-order valence-electron chi connectivity index (χ1n) is 11.8. The van der Waals surface area contributed by atoms with Crippen LogP contribution in [-0.2, 0) is 24.1 Å². The van der Waals surface area contributed by atoms with E-state index >= 15 is 0 Å². The van der Waals surface area contributed by atoms with E-state index in [0.717, 1.165) is 61.4 Å². The van der Waals surface area contributed by atoms with Crippen LogP contribution < -0.4 is 5.32 Å². The fourth-order valence-electron chi connectivity index (χ4n) is 5.44. The maximum Gasteiger partial charge on any atom is 0.224 e. The van der Waals surface area contributed by atoms with Crippen molar-refractivity contribution in [2.45, 2.75) is 58.0 Å². The monoisotopic (exact) mass is 428 g/mol. The molecule has 0 spiro atoms. The number of para-hydroxylation sites is 1. The number of nitrogens with one attached hydrogen (secondary N) is 1. The van der Waals surface area contributed by atoms with Gasteiger partial charge in [0.25, 0.3) is 0 Å². The number of hydrogen-bond donors (Lipinski definition) is 1. The van der Waals surface area contributed by atoms with Crippen LogP contribution in [0.3, 0.4) is 0 Å². The van der Waals surface area contributed by atoms with Crippen LogP contribution in [0.25, 0.3) is 5.69 Å². The van der Waals surface area contributed by atoms with Crippen molar-refractivity contribution in [2.24, 2.45) is 0 Å². The van der Waals surface area contributed by atoms with Gasteiger partial charge in [0.15, 0.2) is 0 Å². The quantitative estimate of drug-likeness (QED) is 0.673. The molecule has 1 saturated heterocycles. The summed E-state index contributed by atoms with van der Waals surface area (Å²) < 4.78 is 1.94. The Labute approximate surface area is 190 Å². The van der Waals surface area contributed by atoms with Crippen molar-refractivity contribution in [1.29, 1.82) is 0 Å². The third-order valence-electron chi connectivity index (χ3n) is 7.14. The predicted octanol–water partition coefficient (Wildman–Crippen LogP) is 3.78. The SMILES string of the molecule is Cc1nn(-c2ccccc2)c(C)c1CC(=O)N[C@@H]1CCCN(C2Cc3ccccc3C2)C1. The summed E-state index contributed by atoms with van der Waals surface area (Å²) in [5.74, 6) is 0.102. The molecule has 1 amide bonds. The topological polar surface area (TPSA) is 50.2 Å². The van der Waals surface area contributed by atoms with Crippen LogP contribution >= 0.6 is 0 Å². The Bertz CT molecular complexity index is 1080. The normalized spacial score (nSPS) is 19.1. The summed E-state index contributed by atoms with van der Waals surface area (Å²) in [4.78, 5) is 15.6. The molecule has 5 rings (SSSR count). The molecule has 0 unspecified atom stereocenters. The number of aryl methyl sites for hydroxylation is 1. The highest BCUT2D eigenvalue weighted by Crippen LogP contribution is 2.27. The van der Waals surface area contributed by atoms with Gasteiger partial charge in [-0.2, -0.15) is 5.10 Å². The molecule has 0 saturated carbocycles. The average molecular weight is 429 g/mol. The van der Waals surface area contributed by atoms with Gasteiger partial charge in [0.1, 0.15) is 0 Å². The molecule has 1 aromatic heterocycles. The lowest BCUT2D eigenvalue weighted by atomic mass is 10.0. The standard InChI is InChI=1S/C27H32N4O/c1-19-26(20(2)31(29-19)24-12-4-3-5-13-24)17-27(32)28-23-11-8-14-30(18-23)25-15-21-9-6-7-10-22(21)16-25/h3-7,9-10,12-13,23,25H,8,11,14-18H2,1-2H3,(H,28,32)/t23-/m1/s1. The largest absolute Gasteiger partial charge is 0.352 e. The number of carbonyl (C=O) groups excluding carboxylic acids is 1. The van der Waals surface area contributed by atoms with Gasteiger partial charge in [-0.15, -0.1) is 0 Å². The third kappa shape index (κ3) is 4.22. The van der Waals surface area contributed by atoms with Crippen molar-refractivity contribution in [3.8, 4) is 5.69 Å². The lowest BCUT2D eigenvalue weighted by molar-refractivity contribution is -0.121. The van der Waals surface area contributed by atoms with E-state index in [4.69, 9.17) is 5.10 Å². The number of nitrogens with zero attached hydrogens (tertiary/aromatic N) is 3. The number of benzene rings is 2. The number of carbonyl (C=O) groups is 1. The smallest absolute Gasteiger partial charge is 0.224 e. The van der Waals surface area contributed by atoms with E-state index in [1.807, 2.05) is 41.9 Å². The molecule has 2 heterocycles. The van der Waals surface area contributed by atoms with E-state index in [1.54, 1.807) is 0 Å². The number of amides is 1. The number of hydrogen-bond acceptors (Lipinski definition) is 3. The van der Waals surface area contributed by atoms with Crippen molar-refractivity contribution in [1.82, 2.24) is 20.0 Å². The molecule has 1 aliphatic heterocycles. The van der Waals surface area contributed by atoms with E-state index in [9.17, 15) is 4.79 Å². The summed E-state index contributed by atoms with van der Waals surface area (Å²) in [6.07, 6.45) is 4.85. The third-order valence-corrected chi connectivity index (χ3v) is 7.14. The van der Waals surface area contributed by atoms with Crippen LogP contribution in [0.2, 0.25) is 0 Å². The molecule has 1 fully saturated rings. The number of likely N-dealkylation sites (tertiary alicyclic amines) is 1. The first kappa shape index (κ1) is 21.0. The minimum atomic E-state index is 0.102. The van der Waals surface area contributed by atoms with Crippen molar-refractivity contribution in [3.63, 3.8) is 0 Å². The molecule has 166 valence electrons. The van der Waals surface area contributed by atoms with Crippen molar-refractivity contribution in [2.75, 3.05) is 13.1 Å². The fraction of sp³-hybridized carbons (Fsp3) is 0.407. The van der Waals surface area contributed by atoms with E-state index in [2.05, 4.69) is 41.4 Å². The van der Waals surface area contributed by atoms with E-state index < -0.39 is 0 Å². The second-order valence-corrected chi connectivity index (χ2v) is 9.31. The Morgan fingerprint density at radius 3 is 2.44 bits per heavy atom. The van der Waals surface area contributed by atoms with Gasteiger partial charge in [0.2, 0.25) is 5.91 Å². The number of rotatable bonds is 5. The molecule has 3 aromatic rings. The maximum atomic E-state index is 13.0. The Morgan fingerprint density at radius 1 is 1.03 bits per heavy atom. The highest BCUT2D eigenvalue weighted by atomic mass is 16.1. The molecule has 1 aliphatic carbocycles. The van der Waals surface area contributed by atoms with Crippen LogP contribution in [0.4, 0.5) is 0 Å². The summed E-state index contributed by atoms with van der Waals surface area (Å²) in [5.41, 5.74) is 7.01. The molecule has 1 atom stereocenters. The molecule has 2 aromatic carbocycles. The highest BCUT2D eigenvalue weighted by Gasteiger charge is 2.31. The number of aromatic nitrogens is 2. The molecular formula is C27H32N4O. The van der Waals surface area contributed by atoms with Gasteiger partial charge in [0.05, 0.1) is 17.8 Å². The van der Waals surface area contributed by atoms with Crippen molar-refractivity contribution in [3.05, 3.63) is 82.7 Å². The van der Waals surface area contributed by atoms with Crippen LogP contribution in [0.5, 0.6) is 0 Å². The minimum absolute atomic E-state index is 0.102. The zero-order valence-corrected chi connectivity index (χ0v) is 19.1. The van der Waals surface area contributed by atoms with Gasteiger partial charge < -0.3 is 5.32 Å². The number of piperidine rings is 1. The summed E-state index contributed by atoms with van der Waals surface area (Å²) in [6.45, 7) is 6.13. The first-order chi connectivity index (χ1) is 15.6. The second-order valence-electron chi connectivity index (χ2n) is 9.31. The summed E-state index contributed by atoms with van der Waals surface area (Å²) in [6, 6.07) is 19.7. The second kappa shape index (κ2) is 8.91. The Hall–Kier alpha value is -2.92. The van der Waals surface area contributed by atoms with Crippen molar-refractivity contribution < 1.29 is 4.79 Å². The average Bonchev–Trinajstić information content (AvgIpc) is 3.36. The summed E-state index contributed by atoms with van der Waals surface area (Å²) in [5, 5.41) is 8.02. The molecule has 0 radical (unpaired) electrons. The Morgan fingerprint density at radius 2 is 1.72 bits per heavy atom. The molecule has 1 N–H and O–H groups in total. The summed E-state index contributed by atoms with van der Waals surface area (Å²) in [7, 11) is 0. The van der Waals surface area contributed by atoms with Gasteiger partial charge in [0, 0.05) is 29.9 Å². The fourth-order valence-corrected chi connectivity index (χ4v) is 5.44. The molecule has 32 heavy (non-hydrogen) atoms. The van der Waals surface area contributed by atoms with Crippen LogP contribution in [0, 0.1) is 13.8 Å². The predicted molar refractivity (Wildman–Crippen MR) is 127 cm³/mol. The molecule has 5 heteroatoms. The maximum absolute atomic E-state index is 13.0. The van der Waals surface area contributed by atoms with Gasteiger partial charge in [-0.3, -0.25) is 9.69 Å². The van der Waals surface area contributed by atoms with Crippen molar-refractivity contribution >= 4 is 5.91 Å². The molecule has 5 nitrogen and oxygen atoms in total. The van der Waals surface area contributed by atoms with E-state index in [1.165, 1.54) is 11.1 Å². The lowest BCUT2D eigenvalue weighted by Gasteiger charge is -2.37. The Kier molecular flexibility index (Phi) is 5.83. The molecule has 0 bridgehead atoms. The first-order valence-corrected chi connectivity index (χ1v) is 11.8. The van der Waals surface area contributed by atoms with E-state index in [-0.39, 0.29) is 11.9 Å². The lowest BCUT2D eigenvalue weighted by Crippen LogP contribution is -2.51. The van der Waals surface area contributed by atoms with Crippen LogP contribution in [-0.4, -0.2) is 45.8 Å². The van der Waals surface area contributed by atoms with Crippen LogP contribution in [0.15, 0.2) is 54.6 Å². The Balaban J connectivity index is 1.21. The van der Waals surface area contributed by atoms with Gasteiger partial charge in [-0.25, -0.2) is 4.68 Å². The van der Waals surface area contributed by atoms with Crippen LogP contribution in [0.1, 0.15) is 40.9 Å². The number of fused-ring (bicyclic) bond motifs is 1. The van der Waals surface area contributed by atoms with Gasteiger partial charge in [-0.1, -0.05) is 42.5 Å². The summed E-state index contributed by atoms with van der Waals surface area (Å²) >= 11 is 0. The van der Waals surface area contributed by atoms with E-state index in [0.29, 0.717) is 12.5 Å². The molecule has 2 aliphatic rings. The molecular weight excluding hydrogens is 396 g/mol. The minimum Gasteiger partial charge on any atom is -0.352 e. The van der Waals surface area contributed by atoms with Gasteiger partial charge >= 0.3 is 0 Å². The highest BCUT2D eigenvalue weighted by molar-refractivity contribution is 5.79. The zero-order chi connectivity index (χ0) is 22.1. The zero-order valence-electron chi connectivity index (χ0n) is 19.1.